The van der Waals surface area contributed by atoms with Crippen molar-refractivity contribution in [3.8, 4) is 0 Å². The highest BCUT2D eigenvalue weighted by Gasteiger charge is 2.29. The molecular weight excluding hydrogens is 230 g/mol. The predicted molar refractivity (Wildman–Crippen MR) is 71.4 cm³/mol. The molecule has 6 nitrogen and oxygen atoms in total. The number of hydrazine groups is 1. The van der Waals surface area contributed by atoms with Gasteiger partial charge in [-0.2, -0.15) is 0 Å². The fourth-order valence-corrected chi connectivity index (χ4v) is 2.19. The summed E-state index contributed by atoms with van der Waals surface area (Å²) in [5.41, 5.74) is 3.42. The first-order valence-corrected chi connectivity index (χ1v) is 6.24. The Morgan fingerprint density at radius 1 is 1.33 bits per heavy atom. The van der Waals surface area contributed by atoms with Gasteiger partial charge in [-0.25, -0.2) is 15.8 Å². The first-order chi connectivity index (χ1) is 8.54. The third kappa shape index (κ3) is 2.70. The number of hydrogen-bond acceptors (Lipinski definition) is 6. The number of anilines is 2. The molecule has 2 heterocycles. The molecule has 6 heteroatoms. The van der Waals surface area contributed by atoms with Crippen LogP contribution in [0.2, 0.25) is 0 Å². The lowest BCUT2D eigenvalue weighted by molar-refractivity contribution is 0.0314. The van der Waals surface area contributed by atoms with E-state index >= 15 is 0 Å². The number of rotatable bonds is 4. The van der Waals surface area contributed by atoms with E-state index in [4.69, 9.17) is 10.6 Å². The quantitative estimate of drug-likeness (QED) is 0.553. The molecule has 1 aromatic heterocycles. The summed E-state index contributed by atoms with van der Waals surface area (Å²) in [7, 11) is 0. The van der Waals surface area contributed by atoms with Gasteiger partial charge in [0.1, 0.15) is 17.5 Å². The Labute approximate surface area is 107 Å². The maximum absolute atomic E-state index is 5.74. The van der Waals surface area contributed by atoms with E-state index in [1.165, 1.54) is 0 Å². The molecule has 2 rings (SSSR count). The summed E-state index contributed by atoms with van der Waals surface area (Å²) in [6.07, 6.45) is 2.20. The molecule has 1 atom stereocenters. The molecule has 0 saturated carbocycles. The minimum atomic E-state index is -0.0956. The maximum atomic E-state index is 5.74. The van der Waals surface area contributed by atoms with Crippen molar-refractivity contribution in [2.24, 2.45) is 5.84 Å². The molecule has 1 fully saturated rings. The molecule has 0 aromatic carbocycles. The summed E-state index contributed by atoms with van der Waals surface area (Å²) < 4.78 is 5.74. The average Bonchev–Trinajstić information content (AvgIpc) is 2.77. The SMILES string of the molecule is Cc1nc(NN)c(C)c(NCC2(C)CCCO2)n1. The molecular formula is C12H21N5O. The Hall–Kier alpha value is -1.40. The van der Waals surface area contributed by atoms with E-state index in [9.17, 15) is 0 Å². The highest BCUT2D eigenvalue weighted by molar-refractivity contribution is 5.56. The Balaban J connectivity index is 2.11. The van der Waals surface area contributed by atoms with Crippen LogP contribution in [-0.4, -0.2) is 28.7 Å². The number of aryl methyl sites for hydroxylation is 1. The van der Waals surface area contributed by atoms with Gasteiger partial charge in [-0.1, -0.05) is 0 Å². The van der Waals surface area contributed by atoms with E-state index in [0.29, 0.717) is 11.6 Å². The van der Waals surface area contributed by atoms with Crippen molar-refractivity contribution < 1.29 is 4.74 Å². The van der Waals surface area contributed by atoms with E-state index in [-0.39, 0.29) is 5.60 Å². The number of nitrogens with one attached hydrogen (secondary N) is 2. The lowest BCUT2D eigenvalue weighted by Crippen LogP contribution is -2.33. The molecule has 0 spiro atoms. The van der Waals surface area contributed by atoms with Crippen LogP contribution in [0, 0.1) is 13.8 Å². The van der Waals surface area contributed by atoms with Crippen molar-refractivity contribution in [2.45, 2.75) is 39.2 Å². The van der Waals surface area contributed by atoms with Gasteiger partial charge in [0.25, 0.3) is 0 Å². The second-order valence-corrected chi connectivity index (χ2v) is 4.99. The highest BCUT2D eigenvalue weighted by atomic mass is 16.5. The van der Waals surface area contributed by atoms with Crippen LogP contribution in [-0.2, 0) is 4.74 Å². The summed E-state index contributed by atoms with van der Waals surface area (Å²) in [5, 5.41) is 3.34. The van der Waals surface area contributed by atoms with Crippen molar-refractivity contribution in [2.75, 3.05) is 23.9 Å². The van der Waals surface area contributed by atoms with Gasteiger partial charge in [-0.15, -0.1) is 0 Å². The molecule has 0 amide bonds. The van der Waals surface area contributed by atoms with E-state index in [1.807, 2.05) is 13.8 Å². The fourth-order valence-electron chi connectivity index (χ4n) is 2.19. The molecule has 100 valence electrons. The standard InChI is InChI=1S/C12H21N5O/c1-8-10(15-9(2)16-11(8)17-13)14-7-12(3)5-4-6-18-12/h4-7,13H2,1-3H3,(H2,14,15,16,17). The molecule has 0 aliphatic carbocycles. The first kappa shape index (κ1) is 13.0. The molecule has 1 aliphatic rings. The molecule has 18 heavy (non-hydrogen) atoms. The summed E-state index contributed by atoms with van der Waals surface area (Å²) >= 11 is 0. The van der Waals surface area contributed by atoms with Crippen LogP contribution in [0.3, 0.4) is 0 Å². The van der Waals surface area contributed by atoms with Crippen molar-refractivity contribution in [1.29, 1.82) is 0 Å². The normalized spacial score (nSPS) is 23.1. The zero-order chi connectivity index (χ0) is 13.2. The summed E-state index contributed by atoms with van der Waals surface area (Å²) in [4.78, 5) is 8.63. The molecule has 1 saturated heterocycles. The minimum absolute atomic E-state index is 0.0956. The molecule has 0 bridgehead atoms. The van der Waals surface area contributed by atoms with Crippen LogP contribution in [0.4, 0.5) is 11.6 Å². The first-order valence-electron chi connectivity index (χ1n) is 6.24. The van der Waals surface area contributed by atoms with Crippen molar-refractivity contribution in [1.82, 2.24) is 9.97 Å². The van der Waals surface area contributed by atoms with Gasteiger partial charge < -0.3 is 15.5 Å². The van der Waals surface area contributed by atoms with Crippen LogP contribution in [0.1, 0.15) is 31.2 Å². The van der Waals surface area contributed by atoms with Gasteiger partial charge in [0, 0.05) is 18.7 Å². The van der Waals surface area contributed by atoms with Gasteiger partial charge in [-0.3, -0.25) is 0 Å². The smallest absolute Gasteiger partial charge is 0.148 e. The zero-order valence-corrected chi connectivity index (χ0v) is 11.2. The number of nitrogens with two attached hydrogens (primary N) is 1. The van der Waals surface area contributed by atoms with E-state index in [0.717, 1.165) is 37.4 Å². The van der Waals surface area contributed by atoms with Crippen LogP contribution >= 0.6 is 0 Å². The predicted octanol–water partition coefficient (Wildman–Crippen LogP) is 1.36. The second kappa shape index (κ2) is 5.07. The molecule has 1 aliphatic heterocycles. The zero-order valence-electron chi connectivity index (χ0n) is 11.2. The Bertz CT molecular complexity index is 429. The van der Waals surface area contributed by atoms with E-state index in [2.05, 4.69) is 27.6 Å². The van der Waals surface area contributed by atoms with Gasteiger partial charge >= 0.3 is 0 Å². The minimum Gasteiger partial charge on any atom is -0.373 e. The highest BCUT2D eigenvalue weighted by Crippen LogP contribution is 2.26. The molecule has 1 aromatic rings. The summed E-state index contributed by atoms with van der Waals surface area (Å²) in [6, 6.07) is 0. The number of nitrogens with zero attached hydrogens (tertiary/aromatic N) is 2. The van der Waals surface area contributed by atoms with Crippen LogP contribution in [0.5, 0.6) is 0 Å². The monoisotopic (exact) mass is 251 g/mol. The largest absolute Gasteiger partial charge is 0.373 e. The lowest BCUT2D eigenvalue weighted by Gasteiger charge is -2.24. The molecule has 1 unspecified atom stereocenters. The fraction of sp³-hybridized carbons (Fsp3) is 0.667. The average molecular weight is 251 g/mol. The van der Waals surface area contributed by atoms with Gasteiger partial charge in [0.2, 0.25) is 0 Å². The lowest BCUT2D eigenvalue weighted by atomic mass is 10.0. The van der Waals surface area contributed by atoms with Crippen molar-refractivity contribution >= 4 is 11.6 Å². The summed E-state index contributed by atoms with van der Waals surface area (Å²) in [6.45, 7) is 7.50. The Morgan fingerprint density at radius 3 is 2.67 bits per heavy atom. The molecule has 0 radical (unpaired) electrons. The van der Waals surface area contributed by atoms with Crippen LogP contribution < -0.4 is 16.6 Å². The number of hydrogen-bond donors (Lipinski definition) is 3. The van der Waals surface area contributed by atoms with Gasteiger partial charge in [0.05, 0.1) is 5.60 Å². The third-order valence-corrected chi connectivity index (χ3v) is 3.32. The number of ether oxygens (including phenoxy) is 1. The maximum Gasteiger partial charge on any atom is 0.148 e. The second-order valence-electron chi connectivity index (χ2n) is 4.99. The van der Waals surface area contributed by atoms with Gasteiger partial charge in [0.15, 0.2) is 0 Å². The third-order valence-electron chi connectivity index (χ3n) is 3.32. The Morgan fingerprint density at radius 2 is 2.06 bits per heavy atom. The topological polar surface area (TPSA) is 85.1 Å². The van der Waals surface area contributed by atoms with Crippen molar-refractivity contribution in [3.05, 3.63) is 11.4 Å². The van der Waals surface area contributed by atoms with E-state index < -0.39 is 0 Å². The number of aromatic nitrogens is 2. The van der Waals surface area contributed by atoms with E-state index in [1.54, 1.807) is 0 Å². The molecule has 4 N–H and O–H groups in total. The Kier molecular flexibility index (Phi) is 3.68. The number of nitrogen functional groups attached to an aromatic ring is 1. The van der Waals surface area contributed by atoms with Crippen LogP contribution in [0.15, 0.2) is 0 Å². The van der Waals surface area contributed by atoms with Crippen molar-refractivity contribution in [3.63, 3.8) is 0 Å². The van der Waals surface area contributed by atoms with Gasteiger partial charge in [-0.05, 0) is 33.6 Å². The van der Waals surface area contributed by atoms with Crippen LogP contribution in [0.25, 0.3) is 0 Å². The summed E-state index contributed by atoms with van der Waals surface area (Å²) in [5.74, 6) is 7.60.